The molecule has 0 radical (unpaired) electrons. The molecule has 0 unspecified atom stereocenters. The Morgan fingerprint density at radius 3 is 2.28 bits per heavy atom. The van der Waals surface area contributed by atoms with E-state index in [4.69, 9.17) is 9.47 Å². The van der Waals surface area contributed by atoms with Crippen LogP contribution in [0.4, 0.5) is 0 Å². The van der Waals surface area contributed by atoms with E-state index in [9.17, 15) is 9.59 Å². The molecule has 2 aromatic rings. The van der Waals surface area contributed by atoms with Crippen LogP contribution < -0.4 is 9.47 Å². The maximum Gasteiger partial charge on any atom is 0.254 e. The second-order valence-electron chi connectivity index (χ2n) is 8.17. The van der Waals surface area contributed by atoms with E-state index in [1.165, 1.54) is 0 Å². The van der Waals surface area contributed by atoms with Crippen LogP contribution in [0.2, 0.25) is 0 Å². The summed E-state index contributed by atoms with van der Waals surface area (Å²) in [6, 6.07) is 15.4. The minimum absolute atomic E-state index is 0.0417. The molecule has 6 heteroatoms. The summed E-state index contributed by atoms with van der Waals surface area (Å²) in [4.78, 5) is 29.3. The normalized spacial score (nSPS) is 16.1. The van der Waals surface area contributed by atoms with E-state index in [-0.39, 0.29) is 24.0 Å². The number of rotatable bonds is 4. The number of piperazine rings is 1. The standard InChI is InChI=1S/C23H26N2O4/c1-23(2,18-6-4-3-5-7-18)15-21(26)24-10-12-25(13-11-24)22(27)17-8-9-19-20(14-17)29-16-28-19/h3-9,14H,10-13,15-16H2,1-2H3. The smallest absolute Gasteiger partial charge is 0.254 e. The molecule has 2 heterocycles. The highest BCUT2D eigenvalue weighted by molar-refractivity contribution is 5.95. The average molecular weight is 394 g/mol. The Hall–Kier alpha value is -3.02. The molecule has 0 atom stereocenters. The van der Waals surface area contributed by atoms with Crippen LogP contribution in [0.3, 0.4) is 0 Å². The second kappa shape index (κ2) is 7.78. The third-order valence-corrected chi connectivity index (χ3v) is 5.69. The Balaban J connectivity index is 1.34. The second-order valence-corrected chi connectivity index (χ2v) is 8.17. The number of nitrogens with zero attached hydrogens (tertiary/aromatic N) is 2. The van der Waals surface area contributed by atoms with Crippen LogP contribution in [0.15, 0.2) is 48.5 Å². The molecule has 2 aliphatic heterocycles. The molecule has 0 aliphatic carbocycles. The number of carbonyl (C=O) groups excluding carboxylic acids is 2. The van der Waals surface area contributed by atoms with Crippen LogP contribution >= 0.6 is 0 Å². The first kappa shape index (κ1) is 19.3. The van der Waals surface area contributed by atoms with Gasteiger partial charge in [0, 0.05) is 38.2 Å². The number of benzene rings is 2. The summed E-state index contributed by atoms with van der Waals surface area (Å²) in [6.45, 7) is 6.56. The van der Waals surface area contributed by atoms with Gasteiger partial charge in [-0.25, -0.2) is 0 Å². The van der Waals surface area contributed by atoms with Crippen molar-refractivity contribution in [3.05, 3.63) is 59.7 Å². The van der Waals surface area contributed by atoms with E-state index in [1.807, 2.05) is 23.1 Å². The molecule has 6 nitrogen and oxygen atoms in total. The SMILES string of the molecule is CC(C)(CC(=O)N1CCN(C(=O)c2ccc3c(c2)OCO3)CC1)c1ccccc1. The van der Waals surface area contributed by atoms with Gasteiger partial charge in [0.15, 0.2) is 11.5 Å². The Labute approximate surface area is 171 Å². The maximum atomic E-state index is 12.9. The lowest BCUT2D eigenvalue weighted by Crippen LogP contribution is -2.51. The average Bonchev–Trinajstić information content (AvgIpc) is 3.21. The van der Waals surface area contributed by atoms with E-state index >= 15 is 0 Å². The molecule has 0 bridgehead atoms. The predicted molar refractivity (Wildman–Crippen MR) is 109 cm³/mol. The highest BCUT2D eigenvalue weighted by atomic mass is 16.7. The van der Waals surface area contributed by atoms with Crippen molar-refractivity contribution in [2.45, 2.75) is 25.7 Å². The molecule has 0 aromatic heterocycles. The molecule has 2 aliphatic rings. The summed E-state index contributed by atoms with van der Waals surface area (Å²) in [5.74, 6) is 1.36. The van der Waals surface area contributed by atoms with Gasteiger partial charge in [0.1, 0.15) is 0 Å². The lowest BCUT2D eigenvalue weighted by molar-refractivity contribution is -0.133. The number of hydrogen-bond acceptors (Lipinski definition) is 4. The molecule has 0 spiro atoms. The van der Waals surface area contributed by atoms with Gasteiger partial charge in [0.2, 0.25) is 12.7 Å². The van der Waals surface area contributed by atoms with E-state index in [0.717, 1.165) is 5.56 Å². The van der Waals surface area contributed by atoms with E-state index in [1.54, 1.807) is 23.1 Å². The van der Waals surface area contributed by atoms with Crippen molar-refractivity contribution in [3.63, 3.8) is 0 Å². The first-order valence-electron chi connectivity index (χ1n) is 9.96. The lowest BCUT2D eigenvalue weighted by atomic mass is 9.81. The highest BCUT2D eigenvalue weighted by Gasteiger charge is 2.30. The van der Waals surface area contributed by atoms with Gasteiger partial charge < -0.3 is 19.3 Å². The van der Waals surface area contributed by atoms with Crippen molar-refractivity contribution in [3.8, 4) is 11.5 Å². The number of carbonyl (C=O) groups is 2. The van der Waals surface area contributed by atoms with Gasteiger partial charge in [0.25, 0.3) is 5.91 Å². The molecule has 4 rings (SSSR count). The van der Waals surface area contributed by atoms with Crippen molar-refractivity contribution in [2.75, 3.05) is 33.0 Å². The van der Waals surface area contributed by atoms with Crippen LogP contribution in [0.5, 0.6) is 11.5 Å². The largest absolute Gasteiger partial charge is 0.454 e. The molecule has 152 valence electrons. The number of amides is 2. The monoisotopic (exact) mass is 394 g/mol. The van der Waals surface area contributed by atoms with Crippen LogP contribution in [0.1, 0.15) is 36.2 Å². The van der Waals surface area contributed by atoms with Crippen molar-refractivity contribution in [1.82, 2.24) is 9.80 Å². The predicted octanol–water partition coefficient (Wildman–Crippen LogP) is 3.07. The van der Waals surface area contributed by atoms with Crippen molar-refractivity contribution in [2.24, 2.45) is 0 Å². The Morgan fingerprint density at radius 2 is 1.55 bits per heavy atom. The van der Waals surface area contributed by atoms with Gasteiger partial charge in [-0.3, -0.25) is 9.59 Å². The third kappa shape index (κ3) is 4.06. The first-order valence-corrected chi connectivity index (χ1v) is 9.96. The van der Waals surface area contributed by atoms with Gasteiger partial charge in [-0.1, -0.05) is 44.2 Å². The zero-order valence-electron chi connectivity index (χ0n) is 16.9. The summed E-state index contributed by atoms with van der Waals surface area (Å²) >= 11 is 0. The molecule has 2 aromatic carbocycles. The first-order chi connectivity index (χ1) is 13.9. The van der Waals surface area contributed by atoms with Gasteiger partial charge in [0.05, 0.1) is 0 Å². The molecule has 0 saturated carbocycles. The van der Waals surface area contributed by atoms with Crippen molar-refractivity contribution >= 4 is 11.8 Å². The molecule has 1 fully saturated rings. The zero-order valence-corrected chi connectivity index (χ0v) is 16.9. The van der Waals surface area contributed by atoms with Gasteiger partial charge in [-0.05, 0) is 29.2 Å². The molecular formula is C23H26N2O4. The Morgan fingerprint density at radius 1 is 0.897 bits per heavy atom. The van der Waals surface area contributed by atoms with Crippen LogP contribution in [-0.2, 0) is 10.2 Å². The summed E-state index contributed by atoms with van der Waals surface area (Å²) in [7, 11) is 0. The number of hydrogen-bond donors (Lipinski definition) is 0. The maximum absolute atomic E-state index is 12.9. The molecule has 0 N–H and O–H groups in total. The lowest BCUT2D eigenvalue weighted by Gasteiger charge is -2.36. The van der Waals surface area contributed by atoms with Gasteiger partial charge >= 0.3 is 0 Å². The fourth-order valence-electron chi connectivity index (χ4n) is 3.85. The quantitative estimate of drug-likeness (QED) is 0.800. The molecule has 1 saturated heterocycles. The van der Waals surface area contributed by atoms with Gasteiger partial charge in [-0.2, -0.15) is 0 Å². The Bertz CT molecular complexity index is 902. The van der Waals surface area contributed by atoms with Crippen molar-refractivity contribution in [1.29, 1.82) is 0 Å². The van der Waals surface area contributed by atoms with E-state index < -0.39 is 0 Å². The summed E-state index contributed by atoms with van der Waals surface area (Å²) in [5.41, 5.74) is 1.52. The molecular weight excluding hydrogens is 368 g/mol. The third-order valence-electron chi connectivity index (χ3n) is 5.69. The minimum atomic E-state index is -0.224. The van der Waals surface area contributed by atoms with Crippen LogP contribution in [0.25, 0.3) is 0 Å². The topological polar surface area (TPSA) is 59.1 Å². The van der Waals surface area contributed by atoms with E-state index in [0.29, 0.717) is 49.7 Å². The van der Waals surface area contributed by atoms with Gasteiger partial charge in [-0.15, -0.1) is 0 Å². The zero-order chi connectivity index (χ0) is 20.4. The van der Waals surface area contributed by atoms with Crippen LogP contribution in [0, 0.1) is 0 Å². The fourth-order valence-corrected chi connectivity index (χ4v) is 3.85. The summed E-state index contributed by atoms with van der Waals surface area (Å²) in [5, 5.41) is 0. The number of ether oxygens (including phenoxy) is 2. The minimum Gasteiger partial charge on any atom is -0.454 e. The molecule has 29 heavy (non-hydrogen) atoms. The summed E-state index contributed by atoms with van der Waals surface area (Å²) < 4.78 is 10.7. The highest BCUT2D eigenvalue weighted by Crippen LogP contribution is 2.33. The fraction of sp³-hybridized carbons (Fsp3) is 0.391. The summed E-state index contributed by atoms with van der Waals surface area (Å²) in [6.07, 6.45) is 0.452. The van der Waals surface area contributed by atoms with Crippen molar-refractivity contribution < 1.29 is 19.1 Å². The molecule has 2 amide bonds. The van der Waals surface area contributed by atoms with Crippen LogP contribution in [-0.4, -0.2) is 54.6 Å². The number of fused-ring (bicyclic) bond motifs is 1. The van der Waals surface area contributed by atoms with E-state index in [2.05, 4.69) is 26.0 Å². The Kier molecular flexibility index (Phi) is 5.18.